The molecule has 2 N–H and O–H groups in total. The highest BCUT2D eigenvalue weighted by Gasteiger charge is 2.22. The summed E-state index contributed by atoms with van der Waals surface area (Å²) in [6.45, 7) is 1.24. The minimum atomic E-state index is -0.656. The van der Waals surface area contributed by atoms with Crippen molar-refractivity contribution in [3.8, 4) is 22.6 Å². The van der Waals surface area contributed by atoms with Gasteiger partial charge in [-0.05, 0) is 47.0 Å². The number of amides is 1. The van der Waals surface area contributed by atoms with Gasteiger partial charge in [0.1, 0.15) is 12.4 Å². The van der Waals surface area contributed by atoms with Gasteiger partial charge in [0.25, 0.3) is 0 Å². The van der Waals surface area contributed by atoms with Gasteiger partial charge in [0, 0.05) is 18.3 Å². The summed E-state index contributed by atoms with van der Waals surface area (Å²) in [6.07, 6.45) is 1.19. The quantitative estimate of drug-likeness (QED) is 0.304. The van der Waals surface area contributed by atoms with Gasteiger partial charge >= 0.3 is 6.09 Å². The molecule has 0 unspecified atom stereocenters. The SMILES string of the molecule is COc1ccc(-c2cc(NC(=O)OCc3ccccc3)c(O)c(N3CCN=Cc4ccccc43)c2)cc1. The summed E-state index contributed by atoms with van der Waals surface area (Å²) >= 11 is 0. The Labute approximate surface area is 215 Å². The maximum Gasteiger partial charge on any atom is 0.412 e. The van der Waals surface area contributed by atoms with E-state index < -0.39 is 6.09 Å². The number of anilines is 3. The lowest BCUT2D eigenvalue weighted by Gasteiger charge is -2.27. The van der Waals surface area contributed by atoms with Crippen LogP contribution in [-0.4, -0.2) is 37.6 Å². The zero-order valence-corrected chi connectivity index (χ0v) is 20.4. The van der Waals surface area contributed by atoms with E-state index in [1.165, 1.54) is 0 Å². The number of phenols is 1. The molecule has 186 valence electrons. The molecule has 1 aliphatic heterocycles. The first kappa shape index (κ1) is 23.9. The monoisotopic (exact) mass is 493 g/mol. The highest BCUT2D eigenvalue weighted by molar-refractivity contribution is 5.95. The number of methoxy groups -OCH3 is 1. The number of aliphatic imine (C=N–C) groups is 1. The Bertz CT molecular complexity index is 1420. The third kappa shape index (κ3) is 5.41. The van der Waals surface area contributed by atoms with Crippen molar-refractivity contribution in [3.63, 3.8) is 0 Å². The van der Waals surface area contributed by atoms with Crippen LogP contribution in [0.3, 0.4) is 0 Å². The molecule has 7 nitrogen and oxygen atoms in total. The van der Waals surface area contributed by atoms with Crippen molar-refractivity contribution in [3.05, 3.63) is 102 Å². The Hall–Kier alpha value is -4.78. The lowest BCUT2D eigenvalue weighted by Crippen LogP contribution is -2.21. The zero-order valence-electron chi connectivity index (χ0n) is 20.4. The topological polar surface area (TPSA) is 83.4 Å². The van der Waals surface area contributed by atoms with Gasteiger partial charge in [-0.15, -0.1) is 0 Å². The molecular formula is C30H27N3O4. The summed E-state index contributed by atoms with van der Waals surface area (Å²) in [5, 5.41) is 14.1. The molecule has 0 spiro atoms. The second-order valence-corrected chi connectivity index (χ2v) is 8.55. The molecule has 0 bridgehead atoms. The Morgan fingerprint density at radius 2 is 1.70 bits per heavy atom. The van der Waals surface area contributed by atoms with E-state index in [9.17, 15) is 9.90 Å². The molecule has 7 heteroatoms. The lowest BCUT2D eigenvalue weighted by molar-refractivity contribution is 0.155. The van der Waals surface area contributed by atoms with E-state index in [-0.39, 0.29) is 18.0 Å². The standard InChI is InChI=1S/C30H27N3O4/c1-36-25-13-11-22(12-14-25)24-17-26(32-30(35)37-20-21-7-3-2-4-8-21)29(34)28(18-24)33-16-15-31-19-23-9-5-6-10-27(23)33/h2-14,17-19,34H,15-16,20H2,1H3,(H,32,35). The fourth-order valence-corrected chi connectivity index (χ4v) is 4.27. The van der Waals surface area contributed by atoms with E-state index >= 15 is 0 Å². The average molecular weight is 494 g/mol. The van der Waals surface area contributed by atoms with Gasteiger partial charge in [-0.1, -0.05) is 60.7 Å². The van der Waals surface area contributed by atoms with Gasteiger partial charge in [-0.25, -0.2) is 4.79 Å². The van der Waals surface area contributed by atoms with E-state index in [2.05, 4.69) is 10.3 Å². The van der Waals surface area contributed by atoms with Crippen LogP contribution < -0.4 is 15.0 Å². The summed E-state index contributed by atoms with van der Waals surface area (Å²) < 4.78 is 10.7. The van der Waals surface area contributed by atoms with Crippen LogP contribution in [0.5, 0.6) is 11.5 Å². The average Bonchev–Trinajstić information content (AvgIpc) is 3.16. The smallest absolute Gasteiger partial charge is 0.412 e. The van der Waals surface area contributed by atoms with Crippen LogP contribution in [0.15, 0.2) is 96.0 Å². The number of benzene rings is 4. The van der Waals surface area contributed by atoms with Crippen molar-refractivity contribution in [2.75, 3.05) is 30.4 Å². The van der Waals surface area contributed by atoms with Gasteiger partial charge in [-0.2, -0.15) is 0 Å². The van der Waals surface area contributed by atoms with E-state index in [0.29, 0.717) is 18.8 Å². The van der Waals surface area contributed by atoms with Crippen molar-refractivity contribution in [2.24, 2.45) is 4.99 Å². The Morgan fingerprint density at radius 3 is 2.49 bits per heavy atom. The molecule has 4 aromatic carbocycles. The minimum absolute atomic E-state index is 0.0503. The number of aromatic hydroxyl groups is 1. The highest BCUT2D eigenvalue weighted by Crippen LogP contribution is 2.43. The van der Waals surface area contributed by atoms with Gasteiger partial charge in [-0.3, -0.25) is 10.3 Å². The number of carbonyl (C=O) groups is 1. The number of rotatable bonds is 6. The predicted octanol–water partition coefficient (Wildman–Crippen LogP) is 6.39. The Balaban J connectivity index is 1.52. The summed E-state index contributed by atoms with van der Waals surface area (Å²) in [4.78, 5) is 19.2. The largest absolute Gasteiger partial charge is 0.504 e. The summed E-state index contributed by atoms with van der Waals surface area (Å²) in [6, 6.07) is 28.6. The first-order valence-electron chi connectivity index (χ1n) is 12.0. The number of phenolic OH excluding ortho intramolecular Hbond substituents is 1. The summed E-state index contributed by atoms with van der Waals surface area (Å²) in [5.41, 5.74) is 5.28. The number of ether oxygens (including phenoxy) is 2. The van der Waals surface area contributed by atoms with Crippen LogP contribution in [0.2, 0.25) is 0 Å². The number of hydrogen-bond acceptors (Lipinski definition) is 6. The maximum atomic E-state index is 12.7. The van der Waals surface area contributed by atoms with Crippen molar-refractivity contribution < 1.29 is 19.4 Å². The normalized spacial score (nSPS) is 12.4. The lowest BCUT2D eigenvalue weighted by atomic mass is 10.0. The Kier molecular flexibility index (Phi) is 7.03. The first-order chi connectivity index (χ1) is 18.1. The number of carbonyl (C=O) groups excluding carboxylic acids is 1. The predicted molar refractivity (Wildman–Crippen MR) is 146 cm³/mol. The van der Waals surface area contributed by atoms with E-state index in [1.54, 1.807) is 13.2 Å². The van der Waals surface area contributed by atoms with Crippen molar-refractivity contribution in [2.45, 2.75) is 6.61 Å². The number of nitrogens with zero attached hydrogens (tertiary/aromatic N) is 2. The molecule has 0 aromatic heterocycles. The zero-order chi connectivity index (χ0) is 25.6. The van der Waals surface area contributed by atoms with E-state index in [1.807, 2.05) is 96.0 Å². The minimum Gasteiger partial charge on any atom is -0.504 e. The van der Waals surface area contributed by atoms with Crippen LogP contribution in [0.25, 0.3) is 11.1 Å². The second kappa shape index (κ2) is 10.9. The second-order valence-electron chi connectivity index (χ2n) is 8.55. The molecule has 0 aliphatic carbocycles. The van der Waals surface area contributed by atoms with Crippen molar-refractivity contribution >= 4 is 29.4 Å². The maximum absolute atomic E-state index is 12.7. The van der Waals surface area contributed by atoms with E-state index in [4.69, 9.17) is 9.47 Å². The molecule has 0 atom stereocenters. The van der Waals surface area contributed by atoms with Crippen LogP contribution >= 0.6 is 0 Å². The number of nitrogens with one attached hydrogen (secondary N) is 1. The summed E-state index contributed by atoms with van der Waals surface area (Å²) in [7, 11) is 1.62. The third-order valence-electron chi connectivity index (χ3n) is 6.16. The number of fused-ring (bicyclic) bond motifs is 1. The number of benzodiazepines with no additional fused rings is 1. The summed E-state index contributed by atoms with van der Waals surface area (Å²) in [5.74, 6) is 0.690. The van der Waals surface area contributed by atoms with Gasteiger partial charge < -0.3 is 19.5 Å². The molecule has 37 heavy (non-hydrogen) atoms. The number of hydrogen-bond donors (Lipinski definition) is 2. The molecule has 5 rings (SSSR count). The molecule has 1 amide bonds. The molecule has 0 saturated heterocycles. The molecule has 1 heterocycles. The molecule has 0 radical (unpaired) electrons. The fraction of sp³-hybridized carbons (Fsp3) is 0.133. The van der Waals surface area contributed by atoms with Crippen LogP contribution in [-0.2, 0) is 11.3 Å². The third-order valence-corrected chi connectivity index (χ3v) is 6.16. The van der Waals surface area contributed by atoms with Crippen molar-refractivity contribution in [1.82, 2.24) is 0 Å². The van der Waals surface area contributed by atoms with Crippen LogP contribution in [0.4, 0.5) is 21.9 Å². The first-order valence-corrected chi connectivity index (χ1v) is 12.0. The van der Waals surface area contributed by atoms with Gasteiger partial charge in [0.15, 0.2) is 5.75 Å². The van der Waals surface area contributed by atoms with Crippen LogP contribution in [0, 0.1) is 0 Å². The van der Waals surface area contributed by atoms with Gasteiger partial charge in [0.05, 0.1) is 30.7 Å². The van der Waals surface area contributed by atoms with Gasteiger partial charge in [0.2, 0.25) is 0 Å². The molecular weight excluding hydrogens is 466 g/mol. The highest BCUT2D eigenvalue weighted by atomic mass is 16.5. The molecule has 0 fully saturated rings. The molecule has 1 aliphatic rings. The fourth-order valence-electron chi connectivity index (χ4n) is 4.27. The molecule has 4 aromatic rings. The Morgan fingerprint density at radius 1 is 0.946 bits per heavy atom. The van der Waals surface area contributed by atoms with E-state index in [0.717, 1.165) is 33.7 Å². The van der Waals surface area contributed by atoms with Crippen molar-refractivity contribution in [1.29, 1.82) is 0 Å². The van der Waals surface area contributed by atoms with Crippen LogP contribution in [0.1, 0.15) is 11.1 Å². The number of para-hydroxylation sites is 1. The molecule has 0 saturated carbocycles.